The number of fused-ring (bicyclic) bond motifs is 5. The Kier molecular flexibility index (Phi) is 4.25. The third-order valence-electron chi connectivity index (χ3n) is 5.25. The number of anilines is 1. The highest BCUT2D eigenvalue weighted by atomic mass is 16.7. The van der Waals surface area contributed by atoms with Crippen molar-refractivity contribution in [3.05, 3.63) is 88.8 Å². The molecule has 0 amide bonds. The number of carbonyl (C=O) groups excluding carboxylic acids is 1. The van der Waals surface area contributed by atoms with Gasteiger partial charge in [-0.15, -0.1) is 0 Å². The van der Waals surface area contributed by atoms with Crippen LogP contribution >= 0.6 is 0 Å². The monoisotopic (exact) mass is 398 g/mol. The van der Waals surface area contributed by atoms with Gasteiger partial charge in [-0.25, -0.2) is 10.3 Å². The molecule has 1 N–H and O–H groups in total. The van der Waals surface area contributed by atoms with Gasteiger partial charge in [0.15, 0.2) is 5.69 Å². The van der Waals surface area contributed by atoms with Gasteiger partial charge in [0.25, 0.3) is 0 Å². The summed E-state index contributed by atoms with van der Waals surface area (Å²) in [5, 5.41) is 2.34. The van der Waals surface area contributed by atoms with E-state index in [2.05, 4.69) is 23.0 Å². The number of hydrogen-bond donors (Lipinski definition) is 1. The highest BCUT2D eigenvalue weighted by Crippen LogP contribution is 2.34. The average Bonchev–Trinajstić information content (AvgIpc) is 3.13. The maximum absolute atomic E-state index is 13.0. The zero-order chi connectivity index (χ0) is 20.7. The summed E-state index contributed by atoms with van der Waals surface area (Å²) in [7, 11) is 0. The molecule has 3 aromatic carbocycles. The van der Waals surface area contributed by atoms with E-state index in [9.17, 15) is 9.59 Å². The van der Waals surface area contributed by atoms with E-state index < -0.39 is 5.97 Å². The zero-order valence-corrected chi connectivity index (χ0v) is 16.2. The van der Waals surface area contributed by atoms with E-state index in [0.29, 0.717) is 16.5 Å². The van der Waals surface area contributed by atoms with Crippen LogP contribution in [0, 0.1) is 0 Å². The summed E-state index contributed by atoms with van der Waals surface area (Å²) in [6, 6.07) is 20.3. The molecule has 0 fully saturated rings. The molecule has 0 saturated heterocycles. The Bertz CT molecular complexity index is 1470. The summed E-state index contributed by atoms with van der Waals surface area (Å²) in [6.07, 6.45) is 1.29. The van der Waals surface area contributed by atoms with Crippen LogP contribution in [-0.4, -0.2) is 10.5 Å². The van der Waals surface area contributed by atoms with E-state index in [1.165, 1.54) is 6.26 Å². The Labute approximate surface area is 171 Å². The second-order valence-electron chi connectivity index (χ2n) is 6.93. The molecule has 6 heteroatoms. The minimum atomic E-state index is -0.587. The summed E-state index contributed by atoms with van der Waals surface area (Å²) in [6.45, 7) is 2.88. The van der Waals surface area contributed by atoms with Crippen molar-refractivity contribution < 1.29 is 14.0 Å². The molecule has 0 aliphatic carbocycles. The number of nitrogens with zero attached hydrogens (tertiary/aromatic N) is 1. The van der Waals surface area contributed by atoms with Crippen LogP contribution in [0.15, 0.2) is 82.2 Å². The van der Waals surface area contributed by atoms with E-state index in [1.807, 2.05) is 24.3 Å². The van der Waals surface area contributed by atoms with Gasteiger partial charge in [0.2, 0.25) is 5.43 Å². The molecule has 0 bridgehead atoms. The highest BCUT2D eigenvalue weighted by molar-refractivity contribution is 6.18. The average molecular weight is 398 g/mol. The standard InChI is InChI=1S/C24H18N2O4/c1-2-26-19-11-7-6-10-16(19)21-20(26)13-12-17-22(27)18(14-29-23(17)21)25-30-24(28)15-8-4-3-5-9-15/h3-14,25H,2H2,1H3. The molecule has 0 atom stereocenters. The lowest BCUT2D eigenvalue weighted by Gasteiger charge is -2.07. The Morgan fingerprint density at radius 2 is 1.73 bits per heavy atom. The number of para-hydroxylation sites is 1. The van der Waals surface area contributed by atoms with Crippen molar-refractivity contribution in [2.24, 2.45) is 0 Å². The molecule has 30 heavy (non-hydrogen) atoms. The normalized spacial score (nSPS) is 11.2. The van der Waals surface area contributed by atoms with Gasteiger partial charge in [0.05, 0.1) is 21.9 Å². The molecule has 6 nitrogen and oxygen atoms in total. The summed E-state index contributed by atoms with van der Waals surface area (Å²) >= 11 is 0. The molecule has 0 unspecified atom stereocenters. The van der Waals surface area contributed by atoms with Crippen molar-refractivity contribution in [2.75, 3.05) is 5.48 Å². The highest BCUT2D eigenvalue weighted by Gasteiger charge is 2.17. The van der Waals surface area contributed by atoms with Crippen molar-refractivity contribution in [1.29, 1.82) is 0 Å². The van der Waals surface area contributed by atoms with E-state index in [1.54, 1.807) is 36.4 Å². The molecule has 0 aliphatic rings. The van der Waals surface area contributed by atoms with E-state index in [-0.39, 0.29) is 11.1 Å². The SMILES string of the molecule is CCn1c2ccccc2c2c3occ(NOC(=O)c4ccccc4)c(=O)c3ccc21. The second kappa shape index (κ2) is 7.08. The number of carbonyl (C=O) groups is 1. The van der Waals surface area contributed by atoms with Gasteiger partial charge in [-0.1, -0.05) is 36.4 Å². The number of aryl methyl sites for hydroxylation is 1. The first-order valence-corrected chi connectivity index (χ1v) is 9.66. The number of hydrogen-bond acceptors (Lipinski definition) is 5. The first-order valence-electron chi connectivity index (χ1n) is 9.66. The fraction of sp³-hybridized carbons (Fsp3) is 0.0833. The van der Waals surface area contributed by atoms with Crippen molar-refractivity contribution >= 4 is 44.4 Å². The molecule has 2 heterocycles. The van der Waals surface area contributed by atoms with Crippen LogP contribution in [-0.2, 0) is 11.4 Å². The first-order chi connectivity index (χ1) is 14.7. The first kappa shape index (κ1) is 18.0. The zero-order valence-electron chi connectivity index (χ0n) is 16.2. The molecule has 0 saturated carbocycles. The van der Waals surface area contributed by atoms with Crippen LogP contribution in [0.3, 0.4) is 0 Å². The molecular weight excluding hydrogens is 380 g/mol. The second-order valence-corrected chi connectivity index (χ2v) is 6.93. The van der Waals surface area contributed by atoms with Gasteiger partial charge >= 0.3 is 5.97 Å². The van der Waals surface area contributed by atoms with Crippen LogP contribution in [0.5, 0.6) is 0 Å². The largest absolute Gasteiger partial charge is 0.461 e. The van der Waals surface area contributed by atoms with Crippen LogP contribution in [0.2, 0.25) is 0 Å². The van der Waals surface area contributed by atoms with Crippen molar-refractivity contribution in [3.63, 3.8) is 0 Å². The van der Waals surface area contributed by atoms with Gasteiger partial charge < -0.3 is 13.8 Å². The quantitative estimate of drug-likeness (QED) is 0.426. The van der Waals surface area contributed by atoms with E-state index in [0.717, 1.165) is 28.4 Å². The maximum atomic E-state index is 13.0. The van der Waals surface area contributed by atoms with Crippen molar-refractivity contribution in [1.82, 2.24) is 4.57 Å². The van der Waals surface area contributed by atoms with Gasteiger partial charge in [0.1, 0.15) is 11.8 Å². The minimum Gasteiger partial charge on any atom is -0.461 e. The van der Waals surface area contributed by atoms with Gasteiger partial charge in [-0.2, -0.15) is 0 Å². The van der Waals surface area contributed by atoms with Crippen LogP contribution in [0.25, 0.3) is 32.8 Å². The lowest BCUT2D eigenvalue weighted by atomic mass is 10.1. The van der Waals surface area contributed by atoms with E-state index in [4.69, 9.17) is 9.25 Å². The Morgan fingerprint density at radius 1 is 0.967 bits per heavy atom. The smallest absolute Gasteiger partial charge is 0.362 e. The van der Waals surface area contributed by atoms with Gasteiger partial charge in [-0.3, -0.25) is 4.79 Å². The van der Waals surface area contributed by atoms with Crippen LogP contribution < -0.4 is 10.9 Å². The lowest BCUT2D eigenvalue weighted by molar-refractivity contribution is 0.0595. The van der Waals surface area contributed by atoms with Gasteiger partial charge in [0, 0.05) is 17.4 Å². The molecule has 2 aromatic heterocycles. The molecule has 148 valence electrons. The Morgan fingerprint density at radius 3 is 2.53 bits per heavy atom. The predicted octanol–water partition coefficient (Wildman–Crippen LogP) is 5.10. The Balaban J connectivity index is 1.60. The Hall–Kier alpha value is -4.06. The van der Waals surface area contributed by atoms with Crippen LogP contribution in [0.1, 0.15) is 17.3 Å². The fourth-order valence-corrected chi connectivity index (χ4v) is 3.87. The molecule has 0 aliphatic heterocycles. The number of aromatic nitrogens is 1. The molecule has 0 spiro atoms. The number of rotatable bonds is 4. The number of nitrogens with one attached hydrogen (secondary N) is 1. The van der Waals surface area contributed by atoms with Crippen LogP contribution in [0.4, 0.5) is 5.69 Å². The summed E-state index contributed by atoms with van der Waals surface area (Å²) in [5.74, 6) is -0.587. The molecule has 5 rings (SSSR count). The number of benzene rings is 3. The summed E-state index contributed by atoms with van der Waals surface area (Å²) in [4.78, 5) is 30.2. The summed E-state index contributed by atoms with van der Waals surface area (Å²) in [5.41, 5.74) is 5.19. The third-order valence-corrected chi connectivity index (χ3v) is 5.25. The molecular formula is C24H18N2O4. The fourth-order valence-electron chi connectivity index (χ4n) is 3.87. The van der Waals surface area contributed by atoms with Crippen molar-refractivity contribution in [2.45, 2.75) is 13.5 Å². The summed E-state index contributed by atoms with van der Waals surface area (Å²) < 4.78 is 8.07. The topological polar surface area (TPSA) is 73.5 Å². The maximum Gasteiger partial charge on any atom is 0.362 e. The van der Waals surface area contributed by atoms with Gasteiger partial charge in [-0.05, 0) is 37.3 Å². The predicted molar refractivity (Wildman–Crippen MR) is 117 cm³/mol. The lowest BCUT2D eigenvalue weighted by Crippen LogP contribution is -2.16. The third kappa shape index (κ3) is 2.73. The molecule has 0 radical (unpaired) electrons. The van der Waals surface area contributed by atoms with E-state index >= 15 is 0 Å². The van der Waals surface area contributed by atoms with Crippen molar-refractivity contribution in [3.8, 4) is 0 Å². The molecule has 5 aromatic rings. The minimum absolute atomic E-state index is 0.0605.